The molecule has 0 aromatic carbocycles. The Morgan fingerprint density at radius 2 is 0.585 bits per heavy atom. The van der Waals surface area contributed by atoms with E-state index in [0.29, 0.717) is 12.4 Å². The maximum absolute atomic E-state index is 14.2. The van der Waals surface area contributed by atoms with Crippen LogP contribution in [0.5, 0.6) is 0 Å². The normalized spacial score (nSPS) is 18.6. The summed E-state index contributed by atoms with van der Waals surface area (Å²) in [6.07, 6.45) is -2.49. The smallest absolute Gasteiger partial charge is 0.312 e. The predicted octanol–water partition coefficient (Wildman–Crippen LogP) is 5.57. The van der Waals surface area contributed by atoms with Crippen LogP contribution in [0.4, 0.5) is 0 Å². The van der Waals surface area contributed by atoms with E-state index in [9.17, 15) is 38.4 Å². The number of methoxy groups -OCH3 is 10. The van der Waals surface area contributed by atoms with Gasteiger partial charge in [-0.2, -0.15) is 11.8 Å². The Bertz CT molecular complexity index is 1680. The molecule has 8 atom stereocenters. The molecule has 0 fully saturated rings. The van der Waals surface area contributed by atoms with E-state index < -0.39 is 110 Å². The minimum absolute atomic E-state index is 0.146. The van der Waals surface area contributed by atoms with E-state index in [-0.39, 0.29) is 37.5 Å². The summed E-state index contributed by atoms with van der Waals surface area (Å²) in [5.41, 5.74) is -12.7. The molecule has 0 rings (SSSR count). The Morgan fingerprint density at radius 1 is 0.354 bits per heavy atom. The highest BCUT2D eigenvalue weighted by Gasteiger charge is 2.59. The SMILES string of the molecule is COCC(CSCC(C)(CC(C)(CC(C)(CC(C)(CC(C)(CC(C)(CC(C)(CC(C)(C)C(=O)OC)C(=O)OC)C(=O)OC)C(=O)OC)C(=O)OC)C(=O)OC)C(=O)OC)C(=O)OC)OC. The van der Waals surface area contributed by atoms with Crippen LogP contribution in [-0.4, -0.2) is 143 Å². The van der Waals surface area contributed by atoms with Crippen LogP contribution in [0.25, 0.3) is 0 Å². The molecule has 0 N–H and O–H groups in total. The number of rotatable bonds is 29. The molecule has 0 spiro atoms. The van der Waals surface area contributed by atoms with Crippen LogP contribution >= 0.6 is 11.8 Å². The Hall–Kier alpha value is -3.97. The second-order valence-corrected chi connectivity index (χ2v) is 20.8. The van der Waals surface area contributed by atoms with Gasteiger partial charge in [0, 0.05) is 25.7 Å². The fourth-order valence-corrected chi connectivity index (χ4v) is 11.7. The first-order valence-corrected chi connectivity index (χ1v) is 22.2. The predicted molar refractivity (Wildman–Crippen MR) is 239 cm³/mol. The monoisotopic (exact) mass is 950 g/mol. The first kappa shape index (κ1) is 61.0. The lowest BCUT2D eigenvalue weighted by molar-refractivity contribution is -0.173. The topological polar surface area (TPSA) is 229 Å². The van der Waals surface area contributed by atoms with Gasteiger partial charge in [-0.25, -0.2) is 0 Å². The molecule has 18 nitrogen and oxygen atoms in total. The van der Waals surface area contributed by atoms with E-state index in [1.54, 1.807) is 27.7 Å². The van der Waals surface area contributed by atoms with Crippen molar-refractivity contribution in [3.8, 4) is 0 Å². The zero-order valence-electron chi connectivity index (χ0n) is 42.4. The number of carbonyl (C=O) groups excluding carboxylic acids is 8. The van der Waals surface area contributed by atoms with Crippen LogP contribution in [-0.2, 0) is 85.7 Å². The molecule has 65 heavy (non-hydrogen) atoms. The van der Waals surface area contributed by atoms with Gasteiger partial charge in [0.15, 0.2) is 0 Å². The van der Waals surface area contributed by atoms with Crippen molar-refractivity contribution in [2.45, 2.75) is 113 Å². The lowest BCUT2D eigenvalue weighted by atomic mass is 9.57. The highest BCUT2D eigenvalue weighted by molar-refractivity contribution is 7.99. The van der Waals surface area contributed by atoms with E-state index in [4.69, 9.17) is 47.4 Å². The van der Waals surface area contributed by atoms with Crippen molar-refractivity contribution < 1.29 is 85.7 Å². The molecule has 0 aromatic heterocycles. The lowest BCUT2D eigenvalue weighted by Gasteiger charge is -2.46. The largest absolute Gasteiger partial charge is 0.469 e. The summed E-state index contributed by atoms with van der Waals surface area (Å²) in [6.45, 7) is 14.1. The van der Waals surface area contributed by atoms with Crippen LogP contribution < -0.4 is 0 Å². The van der Waals surface area contributed by atoms with Crippen LogP contribution in [0.2, 0.25) is 0 Å². The molecule has 376 valence electrons. The van der Waals surface area contributed by atoms with Crippen LogP contribution in [0.3, 0.4) is 0 Å². The summed E-state index contributed by atoms with van der Waals surface area (Å²) >= 11 is 1.38. The average Bonchev–Trinajstić information content (AvgIpc) is 3.25. The van der Waals surface area contributed by atoms with Crippen molar-refractivity contribution in [1.82, 2.24) is 0 Å². The maximum Gasteiger partial charge on any atom is 0.312 e. The third-order valence-corrected chi connectivity index (χ3v) is 13.9. The number of hydrogen-bond donors (Lipinski definition) is 0. The van der Waals surface area contributed by atoms with E-state index in [1.165, 1.54) is 89.0 Å². The van der Waals surface area contributed by atoms with Crippen LogP contribution in [0.1, 0.15) is 107 Å². The van der Waals surface area contributed by atoms with Crippen LogP contribution in [0.15, 0.2) is 0 Å². The van der Waals surface area contributed by atoms with Gasteiger partial charge in [0.1, 0.15) is 0 Å². The molecule has 8 unspecified atom stereocenters. The van der Waals surface area contributed by atoms with Crippen molar-refractivity contribution in [2.24, 2.45) is 43.3 Å². The van der Waals surface area contributed by atoms with Gasteiger partial charge in [0.2, 0.25) is 0 Å². The number of thioether (sulfide) groups is 1. The second-order valence-electron chi connectivity index (χ2n) is 19.8. The zero-order valence-corrected chi connectivity index (χ0v) is 43.2. The standard InChI is InChI=1S/C46H78O18S/c1-39(2,31(47)57-12)22-40(3,32(48)58-13)23-41(4,33(49)59-14)24-42(5,34(50)60-15)25-43(6,35(51)61-16)26-44(7,36(52)62-17)27-45(8,37(53)63-18)28-46(9,38(54)64-19)29-65-21-30(56-11)20-55-10/h30H,20-29H2,1-19H3. The number of esters is 8. The van der Waals surface area contributed by atoms with E-state index >= 15 is 0 Å². The highest BCUT2D eigenvalue weighted by atomic mass is 32.2. The summed E-state index contributed by atoms with van der Waals surface area (Å²) in [7, 11) is 12.4. The van der Waals surface area contributed by atoms with Gasteiger partial charge in [0.05, 0.1) is 113 Å². The summed E-state index contributed by atoms with van der Waals surface area (Å²) in [5, 5.41) is 0. The van der Waals surface area contributed by atoms with Gasteiger partial charge in [0.25, 0.3) is 0 Å². The maximum atomic E-state index is 14.2. The molecule has 19 heteroatoms. The summed E-state index contributed by atoms with van der Waals surface area (Å²) in [4.78, 5) is 111. The molecule has 0 saturated carbocycles. The van der Waals surface area contributed by atoms with Crippen molar-refractivity contribution in [3.05, 3.63) is 0 Å². The van der Waals surface area contributed by atoms with Crippen molar-refractivity contribution >= 4 is 59.5 Å². The fraction of sp³-hybridized carbons (Fsp3) is 0.826. The van der Waals surface area contributed by atoms with Gasteiger partial charge >= 0.3 is 47.8 Å². The summed E-state index contributed by atoms with van der Waals surface area (Å²) < 4.78 is 52.8. The highest BCUT2D eigenvalue weighted by Crippen LogP contribution is 2.55. The third kappa shape index (κ3) is 15.5. The molecule has 0 heterocycles. The first-order valence-electron chi connectivity index (χ1n) is 21.1. The minimum Gasteiger partial charge on any atom is -0.469 e. The Kier molecular flexibility index (Phi) is 23.2. The summed E-state index contributed by atoms with van der Waals surface area (Å²) in [5.74, 6) is -5.54. The van der Waals surface area contributed by atoms with Gasteiger partial charge in [-0.3, -0.25) is 38.4 Å². The van der Waals surface area contributed by atoms with Gasteiger partial charge in [-0.1, -0.05) is 0 Å². The lowest BCUT2D eigenvalue weighted by Crippen LogP contribution is -2.50. The first-order chi connectivity index (χ1) is 29.8. The van der Waals surface area contributed by atoms with Crippen molar-refractivity contribution in [1.29, 1.82) is 0 Å². The van der Waals surface area contributed by atoms with Crippen molar-refractivity contribution in [2.75, 3.05) is 89.2 Å². The van der Waals surface area contributed by atoms with Crippen LogP contribution in [0, 0.1) is 43.3 Å². The Balaban J connectivity index is 7.83. The molecule has 0 aliphatic heterocycles. The van der Waals surface area contributed by atoms with Gasteiger partial charge in [-0.05, 0) is 107 Å². The molecule has 0 aromatic rings. The van der Waals surface area contributed by atoms with Gasteiger partial charge in [-0.15, -0.1) is 0 Å². The van der Waals surface area contributed by atoms with Gasteiger partial charge < -0.3 is 47.4 Å². The van der Waals surface area contributed by atoms with E-state index in [1.807, 2.05) is 0 Å². The molecular formula is C46H78O18S. The van der Waals surface area contributed by atoms with E-state index in [2.05, 4.69) is 0 Å². The number of hydrogen-bond acceptors (Lipinski definition) is 19. The molecule has 0 amide bonds. The van der Waals surface area contributed by atoms with E-state index in [0.717, 1.165) is 28.4 Å². The Morgan fingerprint density at radius 3 is 0.815 bits per heavy atom. The zero-order chi connectivity index (χ0) is 51.0. The Labute approximate surface area is 390 Å². The fourth-order valence-electron chi connectivity index (χ4n) is 10.4. The molecule has 0 aliphatic rings. The third-order valence-electron chi connectivity index (χ3n) is 12.4. The minimum atomic E-state index is -1.79. The quantitative estimate of drug-likeness (QED) is 0.0660. The summed E-state index contributed by atoms with van der Waals surface area (Å²) in [6, 6.07) is 0. The molecule has 0 bridgehead atoms. The second kappa shape index (κ2) is 24.7. The molecule has 0 saturated heterocycles. The average molecular weight is 951 g/mol. The molecular weight excluding hydrogens is 873 g/mol. The number of carbonyl (C=O) groups is 8. The van der Waals surface area contributed by atoms with Crippen molar-refractivity contribution in [3.63, 3.8) is 0 Å². The molecule has 0 aliphatic carbocycles. The number of ether oxygens (including phenoxy) is 10. The molecule has 0 radical (unpaired) electrons.